The summed E-state index contributed by atoms with van der Waals surface area (Å²) in [5, 5.41) is 0. The van der Waals surface area contributed by atoms with Crippen LogP contribution in [0.1, 0.15) is 30.5 Å². The average Bonchev–Trinajstić information content (AvgIpc) is 2.53. The molecule has 2 aromatic rings. The van der Waals surface area contributed by atoms with Crippen molar-refractivity contribution < 1.29 is 9.47 Å². The first-order valence-corrected chi connectivity index (χ1v) is 7.17. The van der Waals surface area contributed by atoms with Gasteiger partial charge in [-0.1, -0.05) is 48.2 Å². The minimum Gasteiger partial charge on any atom is -0.353 e. The van der Waals surface area contributed by atoms with Gasteiger partial charge in [0.1, 0.15) is 0 Å². The lowest BCUT2D eigenvalue weighted by molar-refractivity contribution is -0.134. The molecule has 108 valence electrons. The molecule has 1 atom stereocenters. The van der Waals surface area contributed by atoms with E-state index in [4.69, 9.17) is 9.47 Å². The normalized spacial score (nSPS) is 11.5. The molecule has 0 aliphatic heterocycles. The number of hydrogen-bond acceptors (Lipinski definition) is 2. The van der Waals surface area contributed by atoms with Gasteiger partial charge in [0.2, 0.25) is 0 Å². The minimum atomic E-state index is -0.204. The van der Waals surface area contributed by atoms with E-state index in [2.05, 4.69) is 11.8 Å². The molecule has 0 aliphatic carbocycles. The van der Waals surface area contributed by atoms with Crippen molar-refractivity contribution in [2.75, 3.05) is 6.61 Å². The maximum atomic E-state index is 5.67. The van der Waals surface area contributed by atoms with Gasteiger partial charge >= 0.3 is 0 Å². The molecule has 21 heavy (non-hydrogen) atoms. The van der Waals surface area contributed by atoms with Crippen LogP contribution in [0.3, 0.4) is 0 Å². The van der Waals surface area contributed by atoms with Gasteiger partial charge in [-0.2, -0.15) is 0 Å². The maximum absolute atomic E-state index is 5.67. The Morgan fingerprint density at radius 2 is 1.62 bits per heavy atom. The fraction of sp³-hybridized carbons (Fsp3) is 0.263. The highest BCUT2D eigenvalue weighted by molar-refractivity contribution is 5.46. The smallest absolute Gasteiger partial charge is 0.155 e. The van der Waals surface area contributed by atoms with Gasteiger partial charge in [0.05, 0.1) is 6.61 Å². The third-order valence-electron chi connectivity index (χ3n) is 3.01. The zero-order chi connectivity index (χ0) is 14.9. The van der Waals surface area contributed by atoms with Crippen LogP contribution in [0.2, 0.25) is 0 Å². The van der Waals surface area contributed by atoms with Gasteiger partial charge in [-0.05, 0) is 37.6 Å². The van der Waals surface area contributed by atoms with E-state index in [1.54, 1.807) is 0 Å². The fourth-order valence-corrected chi connectivity index (χ4v) is 1.92. The molecule has 0 spiro atoms. The number of benzene rings is 2. The van der Waals surface area contributed by atoms with Gasteiger partial charge < -0.3 is 9.47 Å². The monoisotopic (exact) mass is 280 g/mol. The van der Waals surface area contributed by atoms with Crippen LogP contribution in [0, 0.1) is 11.8 Å². The molecule has 0 aromatic heterocycles. The second-order valence-electron chi connectivity index (χ2n) is 4.61. The minimum absolute atomic E-state index is 0.204. The Kier molecular flexibility index (Phi) is 6.02. The van der Waals surface area contributed by atoms with Crippen LogP contribution < -0.4 is 0 Å². The standard InChI is InChI=1S/C19H20O2/c1-3-20-16(2)21-15-19-12-8-7-11-18(19)14-13-17-9-5-4-6-10-17/h4-12,16H,3,15H2,1-2H3. The SMILES string of the molecule is CCOC(C)OCc1ccccc1C#Cc1ccccc1. The van der Waals surface area contributed by atoms with Crippen LogP contribution in [0.15, 0.2) is 54.6 Å². The largest absolute Gasteiger partial charge is 0.353 e. The Hall–Kier alpha value is -2.08. The van der Waals surface area contributed by atoms with Crippen molar-refractivity contribution in [2.24, 2.45) is 0 Å². The van der Waals surface area contributed by atoms with E-state index in [9.17, 15) is 0 Å². The molecule has 0 amide bonds. The molecule has 0 fully saturated rings. The molecular formula is C19H20O2. The molecule has 0 aliphatic rings. The molecule has 0 bridgehead atoms. The van der Waals surface area contributed by atoms with Crippen molar-refractivity contribution in [2.45, 2.75) is 26.7 Å². The van der Waals surface area contributed by atoms with E-state index in [-0.39, 0.29) is 6.29 Å². The molecule has 0 saturated heterocycles. The van der Waals surface area contributed by atoms with E-state index in [0.29, 0.717) is 13.2 Å². The van der Waals surface area contributed by atoms with Crippen LogP contribution in [0.4, 0.5) is 0 Å². The first-order valence-electron chi connectivity index (χ1n) is 7.17. The highest BCUT2D eigenvalue weighted by Crippen LogP contribution is 2.11. The van der Waals surface area contributed by atoms with Gasteiger partial charge in [0.25, 0.3) is 0 Å². The lowest BCUT2D eigenvalue weighted by Crippen LogP contribution is -2.12. The molecule has 2 aromatic carbocycles. The lowest BCUT2D eigenvalue weighted by Gasteiger charge is -2.13. The number of rotatable bonds is 5. The quantitative estimate of drug-likeness (QED) is 0.609. The second kappa shape index (κ2) is 8.26. The number of hydrogen-bond donors (Lipinski definition) is 0. The summed E-state index contributed by atoms with van der Waals surface area (Å²) in [5.41, 5.74) is 3.08. The molecule has 0 saturated carbocycles. The molecule has 0 N–H and O–H groups in total. The molecule has 2 nitrogen and oxygen atoms in total. The predicted octanol–water partition coefficient (Wildman–Crippen LogP) is 3.99. The highest BCUT2D eigenvalue weighted by Gasteiger charge is 2.04. The first kappa shape index (κ1) is 15.3. The average molecular weight is 280 g/mol. The molecule has 2 rings (SSSR count). The molecule has 2 heteroatoms. The van der Waals surface area contributed by atoms with Gasteiger partial charge in [0, 0.05) is 17.7 Å². The summed E-state index contributed by atoms with van der Waals surface area (Å²) in [7, 11) is 0. The Morgan fingerprint density at radius 3 is 2.38 bits per heavy atom. The first-order chi connectivity index (χ1) is 10.3. The summed E-state index contributed by atoms with van der Waals surface area (Å²) in [6, 6.07) is 18.0. The summed E-state index contributed by atoms with van der Waals surface area (Å²) in [6.45, 7) is 5.01. The summed E-state index contributed by atoms with van der Waals surface area (Å²) >= 11 is 0. The third-order valence-corrected chi connectivity index (χ3v) is 3.01. The van der Waals surface area contributed by atoms with Crippen molar-refractivity contribution in [3.63, 3.8) is 0 Å². The van der Waals surface area contributed by atoms with E-state index in [1.165, 1.54) is 0 Å². The highest BCUT2D eigenvalue weighted by atomic mass is 16.7. The summed E-state index contributed by atoms with van der Waals surface area (Å²) < 4.78 is 11.0. The summed E-state index contributed by atoms with van der Waals surface area (Å²) in [5.74, 6) is 6.39. The van der Waals surface area contributed by atoms with Crippen LogP contribution >= 0.6 is 0 Å². The van der Waals surface area contributed by atoms with Crippen molar-refractivity contribution >= 4 is 0 Å². The molecular weight excluding hydrogens is 260 g/mol. The maximum Gasteiger partial charge on any atom is 0.155 e. The molecule has 0 radical (unpaired) electrons. The third kappa shape index (κ3) is 5.07. The molecule has 1 unspecified atom stereocenters. The predicted molar refractivity (Wildman–Crippen MR) is 84.7 cm³/mol. The van der Waals surface area contributed by atoms with E-state index in [1.807, 2.05) is 68.4 Å². The van der Waals surface area contributed by atoms with Crippen LogP contribution in [0.5, 0.6) is 0 Å². The van der Waals surface area contributed by atoms with E-state index >= 15 is 0 Å². The Labute approximate surface area is 126 Å². The van der Waals surface area contributed by atoms with Gasteiger partial charge in [-0.25, -0.2) is 0 Å². The Bertz CT molecular complexity index is 608. The number of ether oxygens (including phenoxy) is 2. The van der Waals surface area contributed by atoms with Crippen LogP contribution in [-0.4, -0.2) is 12.9 Å². The van der Waals surface area contributed by atoms with Gasteiger partial charge in [-0.3, -0.25) is 0 Å². The van der Waals surface area contributed by atoms with Crippen molar-refractivity contribution in [3.8, 4) is 11.8 Å². The van der Waals surface area contributed by atoms with Crippen molar-refractivity contribution in [1.29, 1.82) is 0 Å². The lowest BCUT2D eigenvalue weighted by atomic mass is 10.1. The second-order valence-corrected chi connectivity index (χ2v) is 4.61. The summed E-state index contributed by atoms with van der Waals surface area (Å²) in [6.07, 6.45) is -0.204. The molecule has 0 heterocycles. The summed E-state index contributed by atoms with van der Waals surface area (Å²) in [4.78, 5) is 0. The van der Waals surface area contributed by atoms with Gasteiger partial charge in [0.15, 0.2) is 6.29 Å². The Morgan fingerprint density at radius 1 is 0.905 bits per heavy atom. The zero-order valence-electron chi connectivity index (χ0n) is 12.5. The van der Waals surface area contributed by atoms with Crippen LogP contribution in [0.25, 0.3) is 0 Å². The fourth-order valence-electron chi connectivity index (χ4n) is 1.92. The topological polar surface area (TPSA) is 18.5 Å². The van der Waals surface area contributed by atoms with Gasteiger partial charge in [-0.15, -0.1) is 0 Å². The van der Waals surface area contributed by atoms with Crippen LogP contribution in [-0.2, 0) is 16.1 Å². The Balaban J connectivity index is 2.09. The van der Waals surface area contributed by atoms with Crippen molar-refractivity contribution in [1.82, 2.24) is 0 Å². The van der Waals surface area contributed by atoms with E-state index < -0.39 is 0 Å². The van der Waals surface area contributed by atoms with Crippen molar-refractivity contribution in [3.05, 3.63) is 71.3 Å². The zero-order valence-corrected chi connectivity index (χ0v) is 12.5. The van der Waals surface area contributed by atoms with E-state index in [0.717, 1.165) is 16.7 Å².